The van der Waals surface area contributed by atoms with Crippen LogP contribution in [0.15, 0.2) is 18.7 Å². The quantitative estimate of drug-likeness (QED) is 0.845. The Hall–Kier alpha value is -2.35. The Balaban J connectivity index is 2.48. The van der Waals surface area contributed by atoms with E-state index < -0.39 is 11.9 Å². The number of thiazole rings is 1. The molecule has 1 N–H and O–H groups in total. The number of aromatic carboxylic acids is 1. The number of carboxylic acid groups (broad SMARTS) is 1. The Morgan fingerprint density at radius 1 is 1.37 bits per heavy atom. The SMILES string of the molecule is CCOC(=O)c1nc(C(=O)O)c(-c2cncnc2)s1. The predicted molar refractivity (Wildman–Crippen MR) is 66.1 cm³/mol. The van der Waals surface area contributed by atoms with Gasteiger partial charge in [0.25, 0.3) is 0 Å². The number of aromatic nitrogens is 3. The molecule has 0 saturated heterocycles. The van der Waals surface area contributed by atoms with E-state index in [2.05, 4.69) is 15.0 Å². The first-order chi connectivity index (χ1) is 9.13. The summed E-state index contributed by atoms with van der Waals surface area (Å²) in [5.41, 5.74) is 0.288. The molecule has 8 heteroatoms. The summed E-state index contributed by atoms with van der Waals surface area (Å²) in [6, 6.07) is 0. The average Bonchev–Trinajstić information content (AvgIpc) is 2.85. The topological polar surface area (TPSA) is 102 Å². The second-order valence-corrected chi connectivity index (χ2v) is 4.35. The summed E-state index contributed by atoms with van der Waals surface area (Å²) in [7, 11) is 0. The maximum absolute atomic E-state index is 11.6. The number of carbonyl (C=O) groups is 2. The van der Waals surface area contributed by atoms with Gasteiger partial charge in [-0.2, -0.15) is 0 Å². The minimum absolute atomic E-state index is 0.00176. The van der Waals surface area contributed by atoms with Gasteiger partial charge >= 0.3 is 11.9 Å². The Morgan fingerprint density at radius 3 is 2.63 bits per heavy atom. The molecule has 2 rings (SSSR count). The lowest BCUT2D eigenvalue weighted by Crippen LogP contribution is -2.05. The number of hydrogen-bond acceptors (Lipinski definition) is 7. The predicted octanol–water partition coefficient (Wildman–Crippen LogP) is 1.48. The maximum Gasteiger partial charge on any atom is 0.367 e. The summed E-state index contributed by atoms with van der Waals surface area (Å²) < 4.78 is 4.80. The van der Waals surface area contributed by atoms with Crippen LogP contribution in [-0.2, 0) is 4.74 Å². The van der Waals surface area contributed by atoms with Crippen LogP contribution in [0.4, 0.5) is 0 Å². The zero-order chi connectivity index (χ0) is 13.8. The van der Waals surface area contributed by atoms with E-state index in [0.29, 0.717) is 10.4 Å². The average molecular weight is 279 g/mol. The van der Waals surface area contributed by atoms with Crippen molar-refractivity contribution in [2.45, 2.75) is 6.92 Å². The van der Waals surface area contributed by atoms with Crippen molar-refractivity contribution in [2.24, 2.45) is 0 Å². The molecule has 2 heterocycles. The number of nitrogens with zero attached hydrogens (tertiary/aromatic N) is 3. The molecule has 19 heavy (non-hydrogen) atoms. The van der Waals surface area contributed by atoms with Crippen molar-refractivity contribution in [3.8, 4) is 10.4 Å². The standard InChI is InChI=1S/C11H9N3O4S/c1-2-18-11(17)9-14-7(10(15)16)8(19-9)6-3-12-5-13-4-6/h3-5H,2H2,1H3,(H,15,16). The number of rotatable bonds is 4. The number of ether oxygens (including phenoxy) is 1. The van der Waals surface area contributed by atoms with Crippen LogP contribution in [0.1, 0.15) is 27.2 Å². The fraction of sp³-hybridized carbons (Fsp3) is 0.182. The molecule has 7 nitrogen and oxygen atoms in total. The van der Waals surface area contributed by atoms with Crippen LogP contribution in [0.2, 0.25) is 0 Å². The van der Waals surface area contributed by atoms with E-state index in [9.17, 15) is 9.59 Å². The summed E-state index contributed by atoms with van der Waals surface area (Å²) in [5.74, 6) is -1.86. The van der Waals surface area contributed by atoms with E-state index in [1.165, 1.54) is 18.7 Å². The molecule has 0 aliphatic carbocycles. The van der Waals surface area contributed by atoms with Gasteiger partial charge in [0.15, 0.2) is 5.69 Å². The van der Waals surface area contributed by atoms with Crippen LogP contribution in [0.3, 0.4) is 0 Å². The van der Waals surface area contributed by atoms with Crippen molar-refractivity contribution in [3.05, 3.63) is 29.4 Å². The Kier molecular flexibility index (Phi) is 3.81. The lowest BCUT2D eigenvalue weighted by molar-refractivity contribution is 0.0526. The molecule has 0 spiro atoms. The zero-order valence-electron chi connectivity index (χ0n) is 9.86. The summed E-state index contributed by atoms with van der Waals surface area (Å²) in [6.07, 6.45) is 4.25. The molecule has 0 unspecified atom stereocenters. The highest BCUT2D eigenvalue weighted by Crippen LogP contribution is 2.29. The van der Waals surface area contributed by atoms with Crippen molar-refractivity contribution in [1.82, 2.24) is 15.0 Å². The number of carbonyl (C=O) groups excluding carboxylic acids is 1. The van der Waals surface area contributed by atoms with Crippen LogP contribution in [-0.4, -0.2) is 38.6 Å². The molecule has 0 aliphatic rings. The monoisotopic (exact) mass is 279 g/mol. The van der Waals surface area contributed by atoms with Crippen molar-refractivity contribution >= 4 is 23.3 Å². The molecular formula is C11H9N3O4S. The van der Waals surface area contributed by atoms with Gasteiger partial charge in [0, 0.05) is 18.0 Å². The van der Waals surface area contributed by atoms with Crippen LogP contribution in [0.25, 0.3) is 10.4 Å². The normalized spacial score (nSPS) is 10.2. The molecule has 98 valence electrons. The van der Waals surface area contributed by atoms with E-state index in [1.54, 1.807) is 6.92 Å². The molecule has 0 aliphatic heterocycles. The third-order valence-corrected chi connectivity index (χ3v) is 3.19. The second-order valence-electron chi connectivity index (χ2n) is 3.35. The Morgan fingerprint density at radius 2 is 2.05 bits per heavy atom. The van der Waals surface area contributed by atoms with Crippen molar-refractivity contribution in [1.29, 1.82) is 0 Å². The first kappa shape index (κ1) is 13.1. The highest BCUT2D eigenvalue weighted by molar-refractivity contribution is 7.17. The van der Waals surface area contributed by atoms with Gasteiger partial charge in [-0.25, -0.2) is 24.5 Å². The van der Waals surface area contributed by atoms with Gasteiger partial charge in [-0.05, 0) is 6.92 Å². The van der Waals surface area contributed by atoms with E-state index in [0.717, 1.165) is 11.3 Å². The third kappa shape index (κ3) is 2.74. The zero-order valence-corrected chi connectivity index (χ0v) is 10.7. The number of hydrogen-bond donors (Lipinski definition) is 1. The summed E-state index contributed by atoms with van der Waals surface area (Å²) in [6.45, 7) is 1.86. The van der Waals surface area contributed by atoms with E-state index in [1.807, 2.05) is 0 Å². The fourth-order valence-electron chi connectivity index (χ4n) is 1.36. The highest BCUT2D eigenvalue weighted by atomic mass is 32.1. The molecule has 0 amide bonds. The second kappa shape index (κ2) is 5.53. The van der Waals surface area contributed by atoms with E-state index in [4.69, 9.17) is 9.84 Å². The van der Waals surface area contributed by atoms with Crippen molar-refractivity contribution in [2.75, 3.05) is 6.61 Å². The molecule has 0 fully saturated rings. The van der Waals surface area contributed by atoms with Gasteiger partial charge < -0.3 is 9.84 Å². The van der Waals surface area contributed by atoms with Crippen LogP contribution >= 0.6 is 11.3 Å². The smallest absolute Gasteiger partial charge is 0.367 e. The van der Waals surface area contributed by atoms with Gasteiger partial charge in [0.2, 0.25) is 5.01 Å². The molecule has 2 aromatic heterocycles. The van der Waals surface area contributed by atoms with Crippen LogP contribution < -0.4 is 0 Å². The third-order valence-electron chi connectivity index (χ3n) is 2.10. The molecule has 2 aromatic rings. The Bertz CT molecular complexity index is 612. The van der Waals surface area contributed by atoms with Gasteiger partial charge in [-0.15, -0.1) is 11.3 Å². The molecular weight excluding hydrogens is 270 g/mol. The van der Waals surface area contributed by atoms with Gasteiger partial charge in [0.1, 0.15) is 6.33 Å². The lowest BCUT2D eigenvalue weighted by atomic mass is 10.2. The minimum Gasteiger partial charge on any atom is -0.476 e. The first-order valence-electron chi connectivity index (χ1n) is 5.30. The van der Waals surface area contributed by atoms with Gasteiger partial charge in [-0.3, -0.25) is 0 Å². The van der Waals surface area contributed by atoms with Crippen molar-refractivity contribution < 1.29 is 19.4 Å². The molecule has 0 radical (unpaired) electrons. The number of carboxylic acids is 1. The maximum atomic E-state index is 11.6. The van der Waals surface area contributed by atoms with Crippen molar-refractivity contribution in [3.63, 3.8) is 0 Å². The lowest BCUT2D eigenvalue weighted by Gasteiger charge is -1.96. The minimum atomic E-state index is -1.22. The first-order valence-corrected chi connectivity index (χ1v) is 6.11. The molecule has 0 atom stereocenters. The summed E-state index contributed by atoms with van der Waals surface area (Å²) >= 11 is 0.942. The Labute approximate surface area is 111 Å². The molecule has 0 saturated carbocycles. The highest BCUT2D eigenvalue weighted by Gasteiger charge is 2.23. The van der Waals surface area contributed by atoms with Gasteiger partial charge in [0.05, 0.1) is 11.5 Å². The van der Waals surface area contributed by atoms with Gasteiger partial charge in [-0.1, -0.05) is 0 Å². The summed E-state index contributed by atoms with van der Waals surface area (Å²) in [5, 5.41) is 9.10. The van der Waals surface area contributed by atoms with Crippen LogP contribution in [0, 0.1) is 0 Å². The largest absolute Gasteiger partial charge is 0.476 e. The fourth-order valence-corrected chi connectivity index (χ4v) is 2.28. The van der Waals surface area contributed by atoms with Crippen LogP contribution in [0.5, 0.6) is 0 Å². The van der Waals surface area contributed by atoms with E-state index in [-0.39, 0.29) is 17.3 Å². The number of esters is 1. The molecule has 0 bridgehead atoms. The summed E-state index contributed by atoms with van der Waals surface area (Å²) in [4.78, 5) is 34.5. The molecule has 0 aromatic carbocycles. The van der Waals surface area contributed by atoms with E-state index >= 15 is 0 Å².